The lowest BCUT2D eigenvalue weighted by molar-refractivity contribution is -0.158. The molecule has 4 heteroatoms. The second-order valence-electron chi connectivity index (χ2n) is 4.26. The highest BCUT2D eigenvalue weighted by Gasteiger charge is 2.27. The Labute approximate surface area is 95.3 Å². The molecular formula is C12H18O4. The number of esters is 1. The van der Waals surface area contributed by atoms with Gasteiger partial charge in [0.2, 0.25) is 0 Å². The van der Waals surface area contributed by atoms with E-state index in [1.807, 2.05) is 0 Å². The van der Waals surface area contributed by atoms with Crippen LogP contribution in [0.1, 0.15) is 45.4 Å². The van der Waals surface area contributed by atoms with Crippen molar-refractivity contribution in [1.29, 1.82) is 0 Å². The average molecular weight is 226 g/mol. The Morgan fingerprint density at radius 2 is 1.94 bits per heavy atom. The molecule has 0 heterocycles. The SMILES string of the molecule is CC(=O)C(CC=O)C(=O)OC1CCCCC1. The van der Waals surface area contributed by atoms with Gasteiger partial charge in [-0.05, 0) is 32.6 Å². The molecule has 16 heavy (non-hydrogen) atoms. The Balaban J connectivity index is 2.47. The van der Waals surface area contributed by atoms with Crippen molar-refractivity contribution in [3.8, 4) is 0 Å². The molecule has 1 unspecified atom stereocenters. The van der Waals surface area contributed by atoms with Crippen molar-refractivity contribution in [3.63, 3.8) is 0 Å². The van der Waals surface area contributed by atoms with Crippen LogP contribution in [-0.2, 0) is 19.1 Å². The fraction of sp³-hybridized carbons (Fsp3) is 0.750. The van der Waals surface area contributed by atoms with E-state index >= 15 is 0 Å². The van der Waals surface area contributed by atoms with Gasteiger partial charge in [-0.3, -0.25) is 9.59 Å². The molecule has 0 spiro atoms. The minimum Gasteiger partial charge on any atom is -0.462 e. The Bertz CT molecular complexity index is 266. The molecule has 1 saturated carbocycles. The van der Waals surface area contributed by atoms with Gasteiger partial charge < -0.3 is 9.53 Å². The highest BCUT2D eigenvalue weighted by Crippen LogP contribution is 2.21. The molecule has 90 valence electrons. The second kappa shape index (κ2) is 6.40. The number of Topliss-reactive ketones (excluding diaryl/α,β-unsaturated/α-hetero) is 1. The predicted octanol–water partition coefficient (Wildman–Crippen LogP) is 1.66. The van der Waals surface area contributed by atoms with Crippen LogP contribution in [0.2, 0.25) is 0 Å². The molecule has 1 atom stereocenters. The third kappa shape index (κ3) is 3.76. The minimum absolute atomic E-state index is 0.0604. The number of ketones is 1. The first-order chi connectivity index (χ1) is 7.65. The number of hydrogen-bond acceptors (Lipinski definition) is 4. The molecule has 0 radical (unpaired) electrons. The van der Waals surface area contributed by atoms with Crippen LogP contribution >= 0.6 is 0 Å². The molecule has 0 amide bonds. The van der Waals surface area contributed by atoms with Crippen LogP contribution in [0.5, 0.6) is 0 Å². The lowest BCUT2D eigenvalue weighted by atomic mass is 9.97. The summed E-state index contributed by atoms with van der Waals surface area (Å²) in [5, 5.41) is 0. The van der Waals surface area contributed by atoms with E-state index in [9.17, 15) is 14.4 Å². The summed E-state index contributed by atoms with van der Waals surface area (Å²) in [5.74, 6) is -1.74. The predicted molar refractivity (Wildman–Crippen MR) is 57.8 cm³/mol. The summed E-state index contributed by atoms with van der Waals surface area (Å²) in [6.45, 7) is 1.32. The molecule has 1 aliphatic carbocycles. The number of rotatable bonds is 5. The number of ether oxygens (including phenoxy) is 1. The molecule has 1 fully saturated rings. The van der Waals surface area contributed by atoms with E-state index in [0.717, 1.165) is 25.7 Å². The third-order valence-electron chi connectivity index (χ3n) is 2.94. The van der Waals surface area contributed by atoms with Crippen LogP contribution in [0.3, 0.4) is 0 Å². The summed E-state index contributed by atoms with van der Waals surface area (Å²) in [5.41, 5.74) is 0. The Morgan fingerprint density at radius 1 is 1.31 bits per heavy atom. The van der Waals surface area contributed by atoms with Crippen LogP contribution in [0.15, 0.2) is 0 Å². The fourth-order valence-corrected chi connectivity index (χ4v) is 1.95. The maximum atomic E-state index is 11.6. The monoisotopic (exact) mass is 226 g/mol. The van der Waals surface area contributed by atoms with E-state index in [4.69, 9.17) is 4.74 Å². The van der Waals surface area contributed by atoms with Gasteiger partial charge >= 0.3 is 5.97 Å². The number of carbonyl (C=O) groups is 3. The topological polar surface area (TPSA) is 60.4 Å². The smallest absolute Gasteiger partial charge is 0.317 e. The number of carbonyl (C=O) groups excluding carboxylic acids is 3. The van der Waals surface area contributed by atoms with Crippen LogP contribution < -0.4 is 0 Å². The quantitative estimate of drug-likeness (QED) is 0.406. The van der Waals surface area contributed by atoms with Crippen molar-refractivity contribution < 1.29 is 19.1 Å². The highest BCUT2D eigenvalue weighted by atomic mass is 16.5. The Hall–Kier alpha value is -1.19. The van der Waals surface area contributed by atoms with Gasteiger partial charge in [0.05, 0.1) is 0 Å². The fourth-order valence-electron chi connectivity index (χ4n) is 1.95. The second-order valence-corrected chi connectivity index (χ2v) is 4.26. The van der Waals surface area contributed by atoms with E-state index in [2.05, 4.69) is 0 Å². The van der Waals surface area contributed by atoms with Gasteiger partial charge in [0.1, 0.15) is 24.1 Å². The zero-order valence-electron chi connectivity index (χ0n) is 9.61. The summed E-state index contributed by atoms with van der Waals surface area (Å²) in [7, 11) is 0. The van der Waals surface area contributed by atoms with Crippen LogP contribution in [0.25, 0.3) is 0 Å². The third-order valence-corrected chi connectivity index (χ3v) is 2.94. The molecule has 0 aliphatic heterocycles. The molecule has 0 N–H and O–H groups in total. The molecule has 0 aromatic rings. The van der Waals surface area contributed by atoms with Gasteiger partial charge in [-0.1, -0.05) is 6.42 Å². The van der Waals surface area contributed by atoms with Gasteiger partial charge in [0, 0.05) is 6.42 Å². The standard InChI is InChI=1S/C12H18O4/c1-9(14)11(7-8-13)12(15)16-10-5-3-2-4-6-10/h8,10-11H,2-7H2,1H3. The lowest BCUT2D eigenvalue weighted by Gasteiger charge is -2.23. The Morgan fingerprint density at radius 3 is 2.44 bits per heavy atom. The summed E-state index contributed by atoms with van der Waals surface area (Å²) < 4.78 is 5.25. The van der Waals surface area contributed by atoms with Crippen molar-refractivity contribution in [2.45, 2.75) is 51.6 Å². The molecule has 0 bridgehead atoms. The van der Waals surface area contributed by atoms with Gasteiger partial charge in [-0.15, -0.1) is 0 Å². The van der Waals surface area contributed by atoms with Crippen LogP contribution in [0, 0.1) is 5.92 Å². The van der Waals surface area contributed by atoms with E-state index in [-0.39, 0.29) is 18.3 Å². The molecule has 1 aliphatic rings. The normalized spacial score (nSPS) is 18.8. The summed E-state index contributed by atoms with van der Waals surface area (Å²) in [6.07, 6.45) is 5.52. The molecular weight excluding hydrogens is 208 g/mol. The van der Waals surface area contributed by atoms with Crippen molar-refractivity contribution in [2.75, 3.05) is 0 Å². The molecule has 1 rings (SSSR count). The highest BCUT2D eigenvalue weighted by molar-refractivity contribution is 5.99. The first kappa shape index (κ1) is 12.9. The Kier molecular flexibility index (Phi) is 5.15. The number of hydrogen-bond donors (Lipinski definition) is 0. The van der Waals surface area contributed by atoms with Gasteiger partial charge in [0.15, 0.2) is 0 Å². The zero-order valence-corrected chi connectivity index (χ0v) is 9.61. The van der Waals surface area contributed by atoms with Crippen molar-refractivity contribution in [1.82, 2.24) is 0 Å². The van der Waals surface area contributed by atoms with Crippen molar-refractivity contribution in [3.05, 3.63) is 0 Å². The molecule has 0 saturated heterocycles. The average Bonchev–Trinajstić information content (AvgIpc) is 2.26. The van der Waals surface area contributed by atoms with Gasteiger partial charge in [-0.2, -0.15) is 0 Å². The zero-order chi connectivity index (χ0) is 12.0. The summed E-state index contributed by atoms with van der Waals surface area (Å²) >= 11 is 0. The van der Waals surface area contributed by atoms with Crippen molar-refractivity contribution >= 4 is 18.0 Å². The van der Waals surface area contributed by atoms with Crippen LogP contribution in [-0.4, -0.2) is 24.1 Å². The molecule has 4 nitrogen and oxygen atoms in total. The van der Waals surface area contributed by atoms with E-state index < -0.39 is 11.9 Å². The number of aldehydes is 1. The first-order valence-corrected chi connectivity index (χ1v) is 5.79. The van der Waals surface area contributed by atoms with E-state index in [1.54, 1.807) is 0 Å². The van der Waals surface area contributed by atoms with E-state index in [1.165, 1.54) is 13.3 Å². The van der Waals surface area contributed by atoms with Gasteiger partial charge in [0.25, 0.3) is 0 Å². The largest absolute Gasteiger partial charge is 0.462 e. The van der Waals surface area contributed by atoms with Gasteiger partial charge in [-0.25, -0.2) is 0 Å². The lowest BCUT2D eigenvalue weighted by Crippen LogP contribution is -2.29. The molecule has 0 aromatic carbocycles. The first-order valence-electron chi connectivity index (χ1n) is 5.79. The summed E-state index contributed by atoms with van der Waals surface area (Å²) in [4.78, 5) is 33.2. The molecule has 0 aromatic heterocycles. The minimum atomic E-state index is -0.903. The van der Waals surface area contributed by atoms with E-state index in [0.29, 0.717) is 6.29 Å². The summed E-state index contributed by atoms with van der Waals surface area (Å²) in [6, 6.07) is 0. The van der Waals surface area contributed by atoms with Crippen molar-refractivity contribution in [2.24, 2.45) is 5.92 Å². The van der Waals surface area contributed by atoms with Crippen LogP contribution in [0.4, 0.5) is 0 Å². The maximum absolute atomic E-state index is 11.6. The maximum Gasteiger partial charge on any atom is 0.317 e.